The summed E-state index contributed by atoms with van der Waals surface area (Å²) in [7, 11) is 0. The zero-order chi connectivity index (χ0) is 22.0. The minimum absolute atomic E-state index is 0. The molecule has 166 valence electrons. The molecule has 0 spiro atoms. The van der Waals surface area contributed by atoms with Gasteiger partial charge in [0.1, 0.15) is 17.3 Å². The maximum atomic E-state index is 13.6. The smallest absolute Gasteiger partial charge is 0.383 e. The van der Waals surface area contributed by atoms with Crippen molar-refractivity contribution in [1.82, 2.24) is 15.3 Å². The van der Waals surface area contributed by atoms with Crippen molar-refractivity contribution in [2.24, 2.45) is 0 Å². The van der Waals surface area contributed by atoms with E-state index < -0.39 is 23.2 Å². The van der Waals surface area contributed by atoms with Crippen LogP contribution in [0.25, 0.3) is 0 Å². The molecule has 3 aromatic rings. The molecule has 6 nitrogen and oxygen atoms in total. The fourth-order valence-corrected chi connectivity index (χ4v) is 3.63. The van der Waals surface area contributed by atoms with E-state index in [1.807, 2.05) is 35.2 Å². The average molecular weight is 433 g/mol. The largest absolute Gasteiger partial charge is 0.418 e. The zero-order valence-electron chi connectivity index (χ0n) is 16.4. The summed E-state index contributed by atoms with van der Waals surface area (Å²) in [6.45, 7) is 1.68. The molecular formula is C22H26F3N5O. The number of carbonyl (C=O) groups excluding carboxylic acids is 1. The molecule has 2 aromatic heterocycles. The van der Waals surface area contributed by atoms with Crippen LogP contribution in [-0.4, -0.2) is 35.4 Å². The van der Waals surface area contributed by atoms with Crippen LogP contribution in [0.2, 0.25) is 0 Å². The highest BCUT2D eigenvalue weighted by Crippen LogP contribution is 2.34. The summed E-state index contributed by atoms with van der Waals surface area (Å²) in [5.41, 5.74) is 4.90. The van der Waals surface area contributed by atoms with Crippen LogP contribution >= 0.6 is 0 Å². The first kappa shape index (κ1) is 20.8. The Kier molecular flexibility index (Phi) is 5.60. The van der Waals surface area contributed by atoms with E-state index in [0.717, 1.165) is 11.6 Å². The summed E-state index contributed by atoms with van der Waals surface area (Å²) >= 11 is 0. The Labute approximate surface area is 181 Å². The highest BCUT2D eigenvalue weighted by Gasteiger charge is 2.37. The van der Waals surface area contributed by atoms with Gasteiger partial charge in [-0.2, -0.15) is 13.2 Å². The zero-order valence-corrected chi connectivity index (χ0v) is 16.4. The van der Waals surface area contributed by atoms with Crippen molar-refractivity contribution in [2.45, 2.75) is 12.2 Å². The number of pyridine rings is 2. The van der Waals surface area contributed by atoms with Gasteiger partial charge in [0.15, 0.2) is 0 Å². The standard InChI is InChI=1S/C22H20F3N5O.3H2/c23-22(24,25)16-8-9-18(29-19(16)20(31)15-7-4-10-28-21(15)26)30-12-11-27-17(13-30)14-5-2-1-3-6-14;;;/h1-10,17,27H,11-13H2,(H2,26,28);3*1H. The van der Waals surface area contributed by atoms with E-state index in [1.54, 1.807) is 0 Å². The van der Waals surface area contributed by atoms with E-state index in [0.29, 0.717) is 25.5 Å². The summed E-state index contributed by atoms with van der Waals surface area (Å²) in [4.78, 5) is 22.8. The van der Waals surface area contributed by atoms with Gasteiger partial charge in [0.05, 0.1) is 11.1 Å². The van der Waals surface area contributed by atoms with Crippen molar-refractivity contribution in [1.29, 1.82) is 0 Å². The molecule has 4 rings (SSSR count). The minimum atomic E-state index is -4.73. The quantitative estimate of drug-likeness (QED) is 0.600. The van der Waals surface area contributed by atoms with Gasteiger partial charge in [-0.15, -0.1) is 0 Å². The monoisotopic (exact) mass is 433 g/mol. The molecule has 0 bridgehead atoms. The Morgan fingerprint density at radius 3 is 2.61 bits per heavy atom. The van der Waals surface area contributed by atoms with E-state index in [-0.39, 0.29) is 21.7 Å². The fourth-order valence-electron chi connectivity index (χ4n) is 3.63. The first-order valence-corrected chi connectivity index (χ1v) is 9.71. The van der Waals surface area contributed by atoms with Gasteiger partial charge in [0.25, 0.3) is 0 Å². The number of carbonyl (C=O) groups is 1. The highest BCUT2D eigenvalue weighted by molar-refractivity contribution is 6.11. The number of nitrogens with one attached hydrogen (secondary N) is 1. The third-order valence-electron chi connectivity index (χ3n) is 5.19. The molecular weight excluding hydrogens is 407 g/mol. The lowest BCUT2D eigenvalue weighted by atomic mass is 10.0. The van der Waals surface area contributed by atoms with Gasteiger partial charge in [0, 0.05) is 36.2 Å². The fraction of sp³-hybridized carbons (Fsp3) is 0.227. The lowest BCUT2D eigenvalue weighted by Crippen LogP contribution is -2.46. The number of hydrogen-bond donors (Lipinski definition) is 2. The topological polar surface area (TPSA) is 84.1 Å². The van der Waals surface area contributed by atoms with Crippen molar-refractivity contribution in [3.05, 3.63) is 83.2 Å². The molecule has 0 radical (unpaired) electrons. The van der Waals surface area contributed by atoms with E-state index in [4.69, 9.17) is 5.73 Å². The number of halogens is 3. The van der Waals surface area contributed by atoms with Crippen LogP contribution in [0, 0.1) is 0 Å². The summed E-state index contributed by atoms with van der Waals surface area (Å²) in [5, 5.41) is 3.40. The number of anilines is 2. The van der Waals surface area contributed by atoms with Crippen LogP contribution in [0.1, 0.15) is 37.5 Å². The summed E-state index contributed by atoms with van der Waals surface area (Å²) in [5.74, 6) is -0.741. The molecule has 31 heavy (non-hydrogen) atoms. The van der Waals surface area contributed by atoms with Gasteiger partial charge in [-0.25, -0.2) is 9.97 Å². The van der Waals surface area contributed by atoms with Crippen LogP contribution < -0.4 is 16.0 Å². The minimum Gasteiger partial charge on any atom is -0.383 e. The molecule has 3 N–H and O–H groups in total. The predicted octanol–water partition coefficient (Wildman–Crippen LogP) is 4.20. The van der Waals surface area contributed by atoms with E-state index in [2.05, 4.69) is 15.3 Å². The molecule has 1 aromatic carbocycles. The first-order chi connectivity index (χ1) is 14.8. The third kappa shape index (κ3) is 4.36. The molecule has 1 unspecified atom stereocenters. The lowest BCUT2D eigenvalue weighted by molar-refractivity contribution is -0.138. The van der Waals surface area contributed by atoms with Crippen molar-refractivity contribution in [3.8, 4) is 0 Å². The molecule has 9 heteroatoms. The van der Waals surface area contributed by atoms with Gasteiger partial charge < -0.3 is 16.0 Å². The molecule has 1 aliphatic heterocycles. The van der Waals surface area contributed by atoms with Crippen molar-refractivity contribution >= 4 is 17.4 Å². The number of nitrogen functional groups attached to an aromatic ring is 1. The molecule has 1 atom stereocenters. The van der Waals surface area contributed by atoms with Crippen molar-refractivity contribution in [3.63, 3.8) is 0 Å². The number of alkyl halides is 3. The Balaban J connectivity index is 0.00000193. The van der Waals surface area contributed by atoms with Crippen LogP contribution in [0.5, 0.6) is 0 Å². The van der Waals surface area contributed by atoms with E-state index >= 15 is 0 Å². The molecule has 0 aliphatic carbocycles. The molecule has 0 amide bonds. The summed E-state index contributed by atoms with van der Waals surface area (Å²) < 4.78 is 40.9. The summed E-state index contributed by atoms with van der Waals surface area (Å²) in [6.07, 6.45) is -3.37. The summed E-state index contributed by atoms with van der Waals surface area (Å²) in [6, 6.07) is 14.8. The number of hydrogen-bond acceptors (Lipinski definition) is 6. The second-order valence-electron chi connectivity index (χ2n) is 7.19. The van der Waals surface area contributed by atoms with Gasteiger partial charge in [-0.1, -0.05) is 30.3 Å². The molecule has 1 fully saturated rings. The van der Waals surface area contributed by atoms with E-state index in [1.165, 1.54) is 24.4 Å². The van der Waals surface area contributed by atoms with E-state index in [9.17, 15) is 18.0 Å². The Morgan fingerprint density at radius 2 is 1.90 bits per heavy atom. The van der Waals surface area contributed by atoms with Gasteiger partial charge in [-0.3, -0.25) is 4.79 Å². The number of ketones is 1. The highest BCUT2D eigenvalue weighted by atomic mass is 19.4. The van der Waals surface area contributed by atoms with Crippen LogP contribution in [-0.2, 0) is 6.18 Å². The van der Waals surface area contributed by atoms with Crippen LogP contribution in [0.4, 0.5) is 24.8 Å². The van der Waals surface area contributed by atoms with Gasteiger partial charge >= 0.3 is 6.18 Å². The number of piperazine rings is 1. The number of rotatable bonds is 4. The van der Waals surface area contributed by atoms with Crippen LogP contribution in [0.3, 0.4) is 0 Å². The number of aromatic nitrogens is 2. The first-order valence-electron chi connectivity index (χ1n) is 9.71. The third-order valence-corrected chi connectivity index (χ3v) is 5.19. The molecule has 1 aliphatic rings. The van der Waals surface area contributed by atoms with Crippen LogP contribution in [0.15, 0.2) is 60.8 Å². The average Bonchev–Trinajstić information content (AvgIpc) is 2.78. The maximum Gasteiger partial charge on any atom is 0.418 e. The normalized spacial score (nSPS) is 16.9. The Hall–Kier alpha value is -3.46. The Bertz CT molecular complexity index is 1100. The maximum absolute atomic E-state index is 13.6. The van der Waals surface area contributed by atoms with Gasteiger partial charge in [-0.05, 0) is 29.8 Å². The number of nitrogens with zero attached hydrogens (tertiary/aromatic N) is 3. The lowest BCUT2D eigenvalue weighted by Gasteiger charge is -2.35. The number of benzene rings is 1. The predicted molar refractivity (Wildman–Crippen MR) is 117 cm³/mol. The number of nitrogens with two attached hydrogens (primary N) is 1. The van der Waals surface area contributed by atoms with Crippen molar-refractivity contribution in [2.75, 3.05) is 30.3 Å². The molecule has 1 saturated heterocycles. The Morgan fingerprint density at radius 1 is 1.13 bits per heavy atom. The van der Waals surface area contributed by atoms with Crippen molar-refractivity contribution < 1.29 is 22.2 Å². The second-order valence-corrected chi connectivity index (χ2v) is 7.19. The second kappa shape index (κ2) is 8.35. The SMILES string of the molecule is Nc1ncccc1C(=O)c1nc(N2CCNC(c3ccccc3)C2)ccc1C(F)(F)F.[HH].[HH].[HH]. The molecule has 3 heterocycles. The molecule has 0 saturated carbocycles. The van der Waals surface area contributed by atoms with Gasteiger partial charge in [0.2, 0.25) is 5.78 Å².